The van der Waals surface area contributed by atoms with Crippen molar-refractivity contribution in [3.63, 3.8) is 0 Å². The van der Waals surface area contributed by atoms with Crippen molar-refractivity contribution in [3.05, 3.63) is 36.1 Å². The number of para-hydroxylation sites is 1. The number of nitrogens with one attached hydrogen (secondary N) is 1. The fourth-order valence-corrected chi connectivity index (χ4v) is 2.97. The van der Waals surface area contributed by atoms with Crippen LogP contribution >= 0.6 is 0 Å². The number of methoxy groups -OCH3 is 1. The smallest absolute Gasteiger partial charge is 0.134 e. The van der Waals surface area contributed by atoms with E-state index < -0.39 is 0 Å². The molecule has 1 aromatic heterocycles. The maximum Gasteiger partial charge on any atom is 0.134 e. The van der Waals surface area contributed by atoms with Gasteiger partial charge in [0, 0.05) is 38.6 Å². The van der Waals surface area contributed by atoms with Gasteiger partial charge in [0.1, 0.15) is 17.4 Å². The average molecular weight is 276 g/mol. The predicted octanol–water partition coefficient (Wildman–Crippen LogP) is 2.13. The third kappa shape index (κ3) is 2.23. The molecule has 1 atom stereocenters. The highest BCUT2D eigenvalue weighted by molar-refractivity contribution is 5.77. The highest BCUT2D eigenvalue weighted by Gasteiger charge is 2.42. The number of rotatable bonds is 4. The molecule has 1 fully saturated rings. The Labute approximate surface area is 118 Å². The van der Waals surface area contributed by atoms with Crippen LogP contribution in [0.2, 0.25) is 0 Å². The molecule has 5 heteroatoms. The molecule has 108 valence electrons. The molecular formula is C15H20N2O3. The van der Waals surface area contributed by atoms with Crippen LogP contribution in [0.25, 0.3) is 11.0 Å². The lowest BCUT2D eigenvalue weighted by molar-refractivity contribution is -0.114. The van der Waals surface area contributed by atoms with Crippen LogP contribution in [0.4, 0.5) is 0 Å². The van der Waals surface area contributed by atoms with Crippen LogP contribution in [0.3, 0.4) is 0 Å². The molecule has 1 aliphatic rings. The topological polar surface area (TPSA) is 69.7 Å². The van der Waals surface area contributed by atoms with E-state index in [4.69, 9.17) is 19.7 Å². The van der Waals surface area contributed by atoms with Crippen LogP contribution in [0, 0.1) is 0 Å². The maximum atomic E-state index is 5.94. The summed E-state index contributed by atoms with van der Waals surface area (Å²) in [5.74, 6) is 6.59. The Balaban J connectivity index is 1.99. The molecule has 1 saturated heterocycles. The van der Waals surface area contributed by atoms with Crippen LogP contribution in [0.1, 0.15) is 24.6 Å². The van der Waals surface area contributed by atoms with Gasteiger partial charge in [0.25, 0.3) is 0 Å². The fraction of sp³-hybridized carbons (Fsp3) is 0.467. The molecule has 1 aliphatic heterocycles. The minimum Gasteiger partial charge on any atom is -0.459 e. The Bertz CT molecular complexity index is 542. The summed E-state index contributed by atoms with van der Waals surface area (Å²) in [4.78, 5) is 0. The molecule has 3 N–H and O–H groups in total. The molecule has 1 unspecified atom stereocenters. The molecule has 0 aliphatic carbocycles. The van der Waals surface area contributed by atoms with Crippen LogP contribution in [-0.4, -0.2) is 25.9 Å². The lowest BCUT2D eigenvalue weighted by Crippen LogP contribution is -2.51. The average Bonchev–Trinajstić information content (AvgIpc) is 2.92. The molecule has 0 radical (unpaired) electrons. The SMILES string of the molecule is COC1(C(NN)c2cc3ccccc3o2)CCOCC1. The lowest BCUT2D eigenvalue weighted by atomic mass is 9.85. The van der Waals surface area contributed by atoms with Crippen LogP contribution < -0.4 is 11.3 Å². The number of nitrogens with two attached hydrogens (primary N) is 1. The van der Waals surface area contributed by atoms with Gasteiger partial charge in [-0.25, -0.2) is 5.43 Å². The number of hydrogen-bond acceptors (Lipinski definition) is 5. The van der Waals surface area contributed by atoms with Crippen molar-refractivity contribution in [1.82, 2.24) is 5.43 Å². The number of hydrogen-bond donors (Lipinski definition) is 2. The molecule has 2 heterocycles. The van der Waals surface area contributed by atoms with Gasteiger partial charge < -0.3 is 13.9 Å². The number of furan rings is 1. The molecule has 5 nitrogen and oxygen atoms in total. The minimum absolute atomic E-state index is 0.191. The highest BCUT2D eigenvalue weighted by atomic mass is 16.5. The molecule has 0 saturated carbocycles. The summed E-state index contributed by atoms with van der Waals surface area (Å²) >= 11 is 0. The first-order valence-electron chi connectivity index (χ1n) is 6.86. The zero-order valence-electron chi connectivity index (χ0n) is 11.6. The third-order valence-electron chi connectivity index (χ3n) is 4.17. The van der Waals surface area contributed by atoms with Gasteiger partial charge in [-0.15, -0.1) is 0 Å². The molecule has 0 bridgehead atoms. The van der Waals surface area contributed by atoms with Gasteiger partial charge in [0.15, 0.2) is 0 Å². The first-order valence-corrected chi connectivity index (χ1v) is 6.86. The number of ether oxygens (including phenoxy) is 2. The summed E-state index contributed by atoms with van der Waals surface area (Å²) in [6.45, 7) is 1.35. The Morgan fingerprint density at radius 1 is 1.30 bits per heavy atom. The molecule has 3 rings (SSSR count). The Hall–Kier alpha value is -1.40. The van der Waals surface area contributed by atoms with Crippen molar-refractivity contribution in [3.8, 4) is 0 Å². The summed E-state index contributed by atoms with van der Waals surface area (Å²) in [5.41, 5.74) is 3.34. The van der Waals surface area contributed by atoms with Gasteiger partial charge in [-0.2, -0.15) is 0 Å². The summed E-state index contributed by atoms with van der Waals surface area (Å²) in [6, 6.07) is 9.77. The fourth-order valence-electron chi connectivity index (χ4n) is 2.97. The quantitative estimate of drug-likeness (QED) is 0.661. The number of benzene rings is 1. The van der Waals surface area contributed by atoms with E-state index >= 15 is 0 Å². The van der Waals surface area contributed by atoms with E-state index in [1.54, 1.807) is 7.11 Å². The Kier molecular flexibility index (Phi) is 3.76. The van der Waals surface area contributed by atoms with Crippen LogP contribution in [-0.2, 0) is 9.47 Å². The van der Waals surface area contributed by atoms with Crippen molar-refractivity contribution in [2.24, 2.45) is 5.84 Å². The summed E-state index contributed by atoms with van der Waals surface area (Å²) in [5, 5.41) is 1.07. The molecule has 0 spiro atoms. The Morgan fingerprint density at radius 2 is 2.05 bits per heavy atom. The monoisotopic (exact) mass is 276 g/mol. The van der Waals surface area contributed by atoms with E-state index in [1.807, 2.05) is 30.3 Å². The van der Waals surface area contributed by atoms with E-state index in [9.17, 15) is 0 Å². The van der Waals surface area contributed by atoms with E-state index in [2.05, 4.69) is 5.43 Å². The second kappa shape index (κ2) is 5.54. The molecular weight excluding hydrogens is 256 g/mol. The standard InChI is InChI=1S/C15H20N2O3/c1-18-15(6-8-19-9-7-15)14(17-16)13-10-11-4-2-3-5-12(11)20-13/h2-5,10,14,17H,6-9,16H2,1H3. The van der Waals surface area contributed by atoms with Gasteiger partial charge >= 0.3 is 0 Å². The number of fused-ring (bicyclic) bond motifs is 1. The first kappa shape index (κ1) is 13.6. The van der Waals surface area contributed by atoms with Gasteiger partial charge in [0.2, 0.25) is 0 Å². The van der Waals surface area contributed by atoms with Gasteiger partial charge in [-0.1, -0.05) is 18.2 Å². The second-order valence-electron chi connectivity index (χ2n) is 5.17. The van der Waals surface area contributed by atoms with Crippen molar-refractivity contribution in [2.45, 2.75) is 24.5 Å². The Morgan fingerprint density at radius 3 is 2.70 bits per heavy atom. The van der Waals surface area contributed by atoms with Crippen LogP contribution in [0.15, 0.2) is 34.7 Å². The maximum absolute atomic E-state index is 5.94. The van der Waals surface area contributed by atoms with E-state index in [1.165, 1.54) is 0 Å². The molecule has 2 aromatic rings. The van der Waals surface area contributed by atoms with E-state index in [0.29, 0.717) is 13.2 Å². The van der Waals surface area contributed by atoms with E-state index in [0.717, 1.165) is 29.6 Å². The number of hydrazine groups is 1. The van der Waals surface area contributed by atoms with Crippen LogP contribution in [0.5, 0.6) is 0 Å². The predicted molar refractivity (Wildman–Crippen MR) is 76.1 cm³/mol. The van der Waals surface area contributed by atoms with E-state index in [-0.39, 0.29) is 11.6 Å². The van der Waals surface area contributed by atoms with Gasteiger partial charge in [-0.3, -0.25) is 5.84 Å². The highest BCUT2D eigenvalue weighted by Crippen LogP contribution is 2.38. The lowest BCUT2D eigenvalue weighted by Gasteiger charge is -2.40. The second-order valence-corrected chi connectivity index (χ2v) is 5.17. The third-order valence-corrected chi connectivity index (χ3v) is 4.17. The van der Waals surface area contributed by atoms with Crippen molar-refractivity contribution in [1.29, 1.82) is 0 Å². The molecule has 0 amide bonds. The zero-order valence-corrected chi connectivity index (χ0v) is 11.6. The van der Waals surface area contributed by atoms with Crippen molar-refractivity contribution in [2.75, 3.05) is 20.3 Å². The van der Waals surface area contributed by atoms with Crippen molar-refractivity contribution >= 4 is 11.0 Å². The summed E-state index contributed by atoms with van der Waals surface area (Å²) in [7, 11) is 1.72. The summed E-state index contributed by atoms with van der Waals surface area (Å²) < 4.78 is 17.2. The zero-order chi connectivity index (χ0) is 14.0. The van der Waals surface area contributed by atoms with Gasteiger partial charge in [0.05, 0.1) is 5.60 Å². The van der Waals surface area contributed by atoms with Crippen molar-refractivity contribution < 1.29 is 13.9 Å². The molecule has 20 heavy (non-hydrogen) atoms. The van der Waals surface area contributed by atoms with Gasteiger partial charge in [-0.05, 0) is 12.1 Å². The molecule has 1 aromatic carbocycles. The normalized spacial score (nSPS) is 20.1. The minimum atomic E-state index is -0.388. The first-order chi connectivity index (χ1) is 9.79. The largest absolute Gasteiger partial charge is 0.459 e. The summed E-state index contributed by atoms with van der Waals surface area (Å²) in [6.07, 6.45) is 1.57.